The molecule has 1 heterocycles. The van der Waals surface area contributed by atoms with Crippen molar-refractivity contribution >= 4 is 40.3 Å². The van der Waals surface area contributed by atoms with Gasteiger partial charge in [-0.1, -0.05) is 65.2 Å². The fourth-order valence-corrected chi connectivity index (χ4v) is 4.02. The Morgan fingerprint density at radius 1 is 0.759 bits per heavy atom. The molecule has 0 aromatic heterocycles. The number of hydrogen-bond donors (Lipinski definition) is 0. The number of aryl methyl sites for hydroxylation is 3. The first kappa shape index (κ1) is 19.2. The summed E-state index contributed by atoms with van der Waals surface area (Å²) in [6.45, 7) is 6.14. The van der Waals surface area contributed by atoms with Gasteiger partial charge >= 0.3 is 0 Å². The molecule has 1 aliphatic rings. The number of nitrogens with zero attached hydrogens (tertiary/aromatic N) is 2. The molecule has 0 saturated carbocycles. The van der Waals surface area contributed by atoms with Gasteiger partial charge in [0.15, 0.2) is 5.17 Å². The van der Waals surface area contributed by atoms with Crippen molar-refractivity contribution in [1.82, 2.24) is 0 Å². The molecule has 3 aromatic carbocycles. The fourth-order valence-electron chi connectivity index (χ4n) is 3.01. The standard InChI is InChI=1S/C25H22N2OS/c1-17-4-10-20(11-5-17)16-23-24(28)27(22-14-8-19(3)9-15-22)25(29-23)26-21-12-6-18(2)7-13-21/h4-16H,1-3H3/b23-16-,26-25?. The van der Waals surface area contributed by atoms with E-state index in [1.165, 1.54) is 22.9 Å². The molecule has 0 radical (unpaired) electrons. The van der Waals surface area contributed by atoms with Crippen LogP contribution in [0.15, 0.2) is 82.7 Å². The number of anilines is 1. The van der Waals surface area contributed by atoms with Crippen LogP contribution in [-0.2, 0) is 4.79 Å². The average molecular weight is 399 g/mol. The number of amides is 1. The van der Waals surface area contributed by atoms with E-state index in [1.807, 2.05) is 80.6 Å². The van der Waals surface area contributed by atoms with E-state index >= 15 is 0 Å². The van der Waals surface area contributed by atoms with Gasteiger partial charge in [-0.3, -0.25) is 9.69 Å². The summed E-state index contributed by atoms with van der Waals surface area (Å²) in [5.41, 5.74) is 6.19. The highest BCUT2D eigenvalue weighted by Gasteiger charge is 2.34. The number of rotatable bonds is 3. The van der Waals surface area contributed by atoms with Crippen molar-refractivity contribution in [3.63, 3.8) is 0 Å². The van der Waals surface area contributed by atoms with Gasteiger partial charge in [0.25, 0.3) is 5.91 Å². The summed E-state index contributed by atoms with van der Waals surface area (Å²) < 4.78 is 0. The quantitative estimate of drug-likeness (QED) is 0.477. The number of aliphatic imine (C=N–C) groups is 1. The summed E-state index contributed by atoms with van der Waals surface area (Å²) >= 11 is 1.41. The number of benzene rings is 3. The second kappa shape index (κ2) is 8.10. The fraction of sp³-hybridized carbons (Fsp3) is 0.120. The number of amidine groups is 1. The largest absolute Gasteiger partial charge is 0.271 e. The first-order valence-electron chi connectivity index (χ1n) is 9.52. The van der Waals surface area contributed by atoms with E-state index in [1.54, 1.807) is 4.90 Å². The molecule has 0 unspecified atom stereocenters. The van der Waals surface area contributed by atoms with Crippen molar-refractivity contribution in [3.05, 3.63) is 100.0 Å². The molecular weight excluding hydrogens is 376 g/mol. The predicted octanol–water partition coefficient (Wildman–Crippen LogP) is 6.42. The van der Waals surface area contributed by atoms with Gasteiger partial charge < -0.3 is 0 Å². The summed E-state index contributed by atoms with van der Waals surface area (Å²) in [5, 5.41) is 0.668. The van der Waals surface area contributed by atoms with Crippen LogP contribution in [0.2, 0.25) is 0 Å². The molecule has 4 rings (SSSR count). The van der Waals surface area contributed by atoms with E-state index in [0.717, 1.165) is 22.5 Å². The van der Waals surface area contributed by atoms with Gasteiger partial charge in [-0.15, -0.1) is 0 Å². The average Bonchev–Trinajstić information content (AvgIpc) is 3.01. The zero-order valence-electron chi connectivity index (χ0n) is 16.7. The second-order valence-electron chi connectivity index (χ2n) is 7.23. The van der Waals surface area contributed by atoms with Gasteiger partial charge in [0.05, 0.1) is 16.3 Å². The monoisotopic (exact) mass is 398 g/mol. The van der Waals surface area contributed by atoms with Gasteiger partial charge in [-0.25, -0.2) is 4.99 Å². The van der Waals surface area contributed by atoms with E-state index in [0.29, 0.717) is 10.1 Å². The van der Waals surface area contributed by atoms with E-state index in [-0.39, 0.29) is 5.91 Å². The normalized spacial score (nSPS) is 16.8. The molecule has 1 fully saturated rings. The zero-order valence-corrected chi connectivity index (χ0v) is 17.5. The Hall–Kier alpha value is -3.11. The number of carbonyl (C=O) groups is 1. The molecular formula is C25H22N2OS. The molecule has 29 heavy (non-hydrogen) atoms. The highest BCUT2D eigenvalue weighted by atomic mass is 32.2. The van der Waals surface area contributed by atoms with Crippen LogP contribution in [-0.4, -0.2) is 11.1 Å². The molecule has 3 nitrogen and oxygen atoms in total. The van der Waals surface area contributed by atoms with Crippen LogP contribution in [0.3, 0.4) is 0 Å². The van der Waals surface area contributed by atoms with E-state index in [2.05, 4.69) is 19.1 Å². The van der Waals surface area contributed by atoms with Crippen LogP contribution in [0, 0.1) is 20.8 Å². The van der Waals surface area contributed by atoms with Crippen molar-refractivity contribution in [1.29, 1.82) is 0 Å². The number of thioether (sulfide) groups is 1. The predicted molar refractivity (Wildman–Crippen MR) is 124 cm³/mol. The zero-order chi connectivity index (χ0) is 20.4. The molecule has 4 heteroatoms. The van der Waals surface area contributed by atoms with Crippen molar-refractivity contribution < 1.29 is 4.79 Å². The molecule has 144 valence electrons. The topological polar surface area (TPSA) is 32.7 Å². The van der Waals surface area contributed by atoms with Gasteiger partial charge in [0.2, 0.25) is 0 Å². The maximum atomic E-state index is 13.3. The van der Waals surface area contributed by atoms with Crippen molar-refractivity contribution in [3.8, 4) is 0 Å². The molecule has 0 aliphatic carbocycles. The lowest BCUT2D eigenvalue weighted by Gasteiger charge is -2.16. The number of carbonyl (C=O) groups excluding carboxylic acids is 1. The smallest absolute Gasteiger partial charge is 0.268 e. The minimum atomic E-state index is -0.0507. The van der Waals surface area contributed by atoms with Crippen LogP contribution in [0.5, 0.6) is 0 Å². The molecule has 1 saturated heterocycles. The highest BCUT2D eigenvalue weighted by Crippen LogP contribution is 2.37. The molecule has 1 aliphatic heterocycles. The summed E-state index contributed by atoms with van der Waals surface area (Å²) in [5.74, 6) is -0.0507. The maximum absolute atomic E-state index is 13.3. The molecule has 1 amide bonds. The first-order valence-corrected chi connectivity index (χ1v) is 10.3. The summed E-state index contributed by atoms with van der Waals surface area (Å²) in [4.78, 5) is 20.4. The third kappa shape index (κ3) is 4.33. The Bertz CT molecular complexity index is 1100. The Kier molecular flexibility index (Phi) is 5.36. The van der Waals surface area contributed by atoms with E-state index in [9.17, 15) is 4.79 Å². The Labute approximate surface area is 175 Å². The van der Waals surface area contributed by atoms with Crippen LogP contribution in [0.1, 0.15) is 22.3 Å². The lowest BCUT2D eigenvalue weighted by molar-refractivity contribution is -0.113. The molecule has 0 bridgehead atoms. The summed E-state index contributed by atoms with van der Waals surface area (Å²) in [6, 6.07) is 24.1. The molecule has 0 N–H and O–H groups in total. The Balaban J connectivity index is 1.76. The van der Waals surface area contributed by atoms with Crippen molar-refractivity contribution in [2.24, 2.45) is 4.99 Å². The third-order valence-corrected chi connectivity index (χ3v) is 5.70. The molecule has 0 spiro atoms. The lowest BCUT2D eigenvalue weighted by Crippen LogP contribution is -2.28. The minimum absolute atomic E-state index is 0.0507. The third-order valence-electron chi connectivity index (χ3n) is 4.73. The van der Waals surface area contributed by atoms with Crippen molar-refractivity contribution in [2.45, 2.75) is 20.8 Å². The highest BCUT2D eigenvalue weighted by molar-refractivity contribution is 8.19. The van der Waals surface area contributed by atoms with Gasteiger partial charge in [0, 0.05) is 0 Å². The van der Waals surface area contributed by atoms with Gasteiger partial charge in [0.1, 0.15) is 0 Å². The lowest BCUT2D eigenvalue weighted by atomic mass is 10.1. The molecule has 0 atom stereocenters. The van der Waals surface area contributed by atoms with Crippen LogP contribution in [0.4, 0.5) is 11.4 Å². The minimum Gasteiger partial charge on any atom is -0.268 e. The Morgan fingerprint density at radius 3 is 1.86 bits per heavy atom. The van der Waals surface area contributed by atoms with Gasteiger partial charge in [-0.05, 0) is 68.4 Å². The van der Waals surface area contributed by atoms with Crippen LogP contribution >= 0.6 is 11.8 Å². The summed E-state index contributed by atoms with van der Waals surface area (Å²) in [7, 11) is 0. The van der Waals surface area contributed by atoms with Crippen LogP contribution in [0.25, 0.3) is 6.08 Å². The van der Waals surface area contributed by atoms with Crippen LogP contribution < -0.4 is 4.90 Å². The SMILES string of the molecule is Cc1ccc(/C=C2\SC(=Nc3ccc(C)cc3)N(c3ccc(C)cc3)C2=O)cc1. The van der Waals surface area contributed by atoms with E-state index in [4.69, 9.17) is 4.99 Å². The number of hydrogen-bond acceptors (Lipinski definition) is 3. The molecule has 3 aromatic rings. The second-order valence-corrected chi connectivity index (χ2v) is 8.24. The van der Waals surface area contributed by atoms with Crippen molar-refractivity contribution in [2.75, 3.05) is 4.90 Å². The Morgan fingerprint density at radius 2 is 1.28 bits per heavy atom. The van der Waals surface area contributed by atoms with E-state index < -0.39 is 0 Å². The summed E-state index contributed by atoms with van der Waals surface area (Å²) in [6.07, 6.45) is 1.94. The maximum Gasteiger partial charge on any atom is 0.271 e. The van der Waals surface area contributed by atoms with Gasteiger partial charge in [-0.2, -0.15) is 0 Å². The first-order chi connectivity index (χ1) is 14.0.